The number of carbonyl (C=O) groups is 1. The summed E-state index contributed by atoms with van der Waals surface area (Å²) < 4.78 is 5.45. The molecule has 2 N–H and O–H groups in total. The van der Waals surface area contributed by atoms with Gasteiger partial charge in [0, 0.05) is 38.5 Å². The predicted octanol–water partition coefficient (Wildman–Crippen LogP) is 3.31. The molecule has 1 unspecified atom stereocenters. The Morgan fingerprint density at radius 1 is 1.19 bits per heavy atom. The van der Waals surface area contributed by atoms with E-state index in [1.165, 1.54) is 18.6 Å². The molecular weight excluding hydrogens is 463 g/mol. The summed E-state index contributed by atoms with van der Waals surface area (Å²) in [6.07, 6.45) is 4.45. The normalized spacial score (nSPS) is 21.9. The molecule has 26 heavy (non-hydrogen) atoms. The zero-order chi connectivity index (χ0) is 18.3. The summed E-state index contributed by atoms with van der Waals surface area (Å²) in [5.74, 6) is 2.74. The number of carbonyl (C=O) groups excluding carboxylic acids is 1. The van der Waals surface area contributed by atoms with E-state index in [0.717, 1.165) is 50.2 Å². The zero-order valence-corrected chi connectivity index (χ0v) is 19.7. The van der Waals surface area contributed by atoms with Crippen molar-refractivity contribution < 1.29 is 9.53 Å². The minimum Gasteiger partial charge on any atom is -0.444 e. The number of piperidine rings is 1. The third kappa shape index (κ3) is 8.54. The van der Waals surface area contributed by atoms with Crippen molar-refractivity contribution in [3.63, 3.8) is 0 Å². The van der Waals surface area contributed by atoms with Crippen LogP contribution in [0.1, 0.15) is 46.5 Å². The van der Waals surface area contributed by atoms with Gasteiger partial charge in [0.25, 0.3) is 0 Å². The number of nitrogens with zero attached hydrogens (tertiary/aromatic N) is 2. The maximum absolute atomic E-state index is 12.1. The molecule has 2 saturated heterocycles. The van der Waals surface area contributed by atoms with Crippen LogP contribution in [0.4, 0.5) is 4.79 Å². The quantitative estimate of drug-likeness (QED) is 0.354. The molecule has 0 saturated carbocycles. The molecule has 6 nitrogen and oxygen atoms in total. The number of guanidine groups is 1. The smallest absolute Gasteiger partial charge is 0.410 e. The largest absolute Gasteiger partial charge is 0.444 e. The zero-order valence-electron chi connectivity index (χ0n) is 16.5. The third-order valence-corrected chi connectivity index (χ3v) is 5.97. The standard InChI is InChI=1S/C18H34N4O2S.HI/c1-18(2,3)24-17(23)22-9-7-14(8-10-22)12-20-16(19-4)21-13-15-6-5-11-25-15;/h14-15H,5-13H2,1-4H3,(H2,19,20,21);1H. The van der Waals surface area contributed by atoms with E-state index >= 15 is 0 Å². The van der Waals surface area contributed by atoms with Crippen LogP contribution in [-0.2, 0) is 4.74 Å². The van der Waals surface area contributed by atoms with Crippen LogP contribution in [0.5, 0.6) is 0 Å². The summed E-state index contributed by atoms with van der Waals surface area (Å²) >= 11 is 2.05. The molecule has 1 amide bonds. The Hall–Kier alpha value is -0.380. The van der Waals surface area contributed by atoms with Gasteiger partial charge in [-0.15, -0.1) is 24.0 Å². The number of thioether (sulfide) groups is 1. The number of aliphatic imine (C=N–C) groups is 1. The van der Waals surface area contributed by atoms with Gasteiger partial charge in [-0.3, -0.25) is 4.99 Å². The minimum absolute atomic E-state index is 0. The van der Waals surface area contributed by atoms with Crippen molar-refractivity contribution in [2.24, 2.45) is 10.9 Å². The van der Waals surface area contributed by atoms with E-state index in [2.05, 4.69) is 27.4 Å². The lowest BCUT2D eigenvalue weighted by atomic mass is 9.97. The number of rotatable bonds is 4. The van der Waals surface area contributed by atoms with Crippen LogP contribution in [0.2, 0.25) is 0 Å². The highest BCUT2D eigenvalue weighted by molar-refractivity contribution is 14.0. The molecule has 2 aliphatic heterocycles. The molecule has 0 aliphatic carbocycles. The van der Waals surface area contributed by atoms with Crippen LogP contribution >= 0.6 is 35.7 Å². The fraction of sp³-hybridized carbons (Fsp3) is 0.889. The van der Waals surface area contributed by atoms with Crippen molar-refractivity contribution in [3.05, 3.63) is 0 Å². The fourth-order valence-corrected chi connectivity index (χ4v) is 4.32. The minimum atomic E-state index is -0.425. The van der Waals surface area contributed by atoms with Crippen LogP contribution in [0.3, 0.4) is 0 Å². The first-order valence-corrected chi connectivity index (χ1v) is 10.5. The molecule has 8 heteroatoms. The van der Waals surface area contributed by atoms with E-state index in [1.54, 1.807) is 0 Å². The van der Waals surface area contributed by atoms with Gasteiger partial charge in [0.2, 0.25) is 0 Å². The van der Waals surface area contributed by atoms with E-state index in [1.807, 2.05) is 32.7 Å². The third-order valence-electron chi connectivity index (χ3n) is 4.57. The maximum atomic E-state index is 12.1. The van der Waals surface area contributed by atoms with E-state index < -0.39 is 5.60 Å². The summed E-state index contributed by atoms with van der Waals surface area (Å²) in [5.41, 5.74) is -0.425. The highest BCUT2D eigenvalue weighted by Crippen LogP contribution is 2.25. The van der Waals surface area contributed by atoms with E-state index in [9.17, 15) is 4.79 Å². The van der Waals surface area contributed by atoms with Crippen LogP contribution in [0, 0.1) is 5.92 Å². The molecule has 0 aromatic heterocycles. The molecule has 2 heterocycles. The number of amides is 1. The number of hydrogen-bond donors (Lipinski definition) is 2. The first-order valence-electron chi connectivity index (χ1n) is 9.41. The molecule has 0 bridgehead atoms. The average molecular weight is 498 g/mol. The summed E-state index contributed by atoms with van der Waals surface area (Å²) in [5, 5.41) is 7.60. The molecule has 2 fully saturated rings. The molecular formula is C18H35IN4O2S. The number of nitrogens with one attached hydrogen (secondary N) is 2. The van der Waals surface area contributed by atoms with Crippen molar-refractivity contribution >= 4 is 47.8 Å². The summed E-state index contributed by atoms with van der Waals surface area (Å²) in [6, 6.07) is 0. The molecule has 0 aromatic carbocycles. The molecule has 0 radical (unpaired) electrons. The number of likely N-dealkylation sites (tertiary alicyclic amines) is 1. The lowest BCUT2D eigenvalue weighted by Crippen LogP contribution is -2.46. The highest BCUT2D eigenvalue weighted by Gasteiger charge is 2.26. The number of halogens is 1. The Morgan fingerprint density at radius 2 is 1.85 bits per heavy atom. The van der Waals surface area contributed by atoms with Gasteiger partial charge < -0.3 is 20.3 Å². The molecule has 2 rings (SSSR count). The first kappa shape index (κ1) is 23.7. The molecule has 152 valence electrons. The van der Waals surface area contributed by atoms with Crippen molar-refractivity contribution in [2.75, 3.05) is 39.0 Å². The van der Waals surface area contributed by atoms with Gasteiger partial charge in [-0.2, -0.15) is 11.8 Å². The Morgan fingerprint density at radius 3 is 2.38 bits per heavy atom. The molecule has 0 spiro atoms. The Balaban J connectivity index is 0.00000338. The monoisotopic (exact) mass is 498 g/mol. The van der Waals surface area contributed by atoms with Crippen LogP contribution in [0.25, 0.3) is 0 Å². The molecule has 1 atom stereocenters. The van der Waals surface area contributed by atoms with Gasteiger partial charge in [0.1, 0.15) is 5.60 Å². The van der Waals surface area contributed by atoms with Crippen molar-refractivity contribution in [2.45, 2.75) is 57.3 Å². The van der Waals surface area contributed by atoms with Gasteiger partial charge >= 0.3 is 6.09 Å². The predicted molar refractivity (Wildman–Crippen MR) is 121 cm³/mol. The Labute approximate surface area is 179 Å². The van der Waals surface area contributed by atoms with Gasteiger partial charge in [-0.1, -0.05) is 0 Å². The highest BCUT2D eigenvalue weighted by atomic mass is 127. The van der Waals surface area contributed by atoms with Crippen molar-refractivity contribution in [1.29, 1.82) is 0 Å². The lowest BCUT2D eigenvalue weighted by Gasteiger charge is -2.33. The fourth-order valence-electron chi connectivity index (χ4n) is 3.12. The molecule has 0 aromatic rings. The van der Waals surface area contributed by atoms with Gasteiger partial charge in [0.05, 0.1) is 0 Å². The van der Waals surface area contributed by atoms with Crippen LogP contribution in [-0.4, -0.2) is 66.8 Å². The second kappa shape index (κ2) is 11.5. The average Bonchev–Trinajstić information content (AvgIpc) is 3.07. The second-order valence-corrected chi connectivity index (χ2v) is 9.29. The summed E-state index contributed by atoms with van der Waals surface area (Å²) in [4.78, 5) is 18.2. The SMILES string of the molecule is CN=C(NCC1CCN(C(=O)OC(C)(C)C)CC1)NCC1CCCS1.I. The number of ether oxygens (including phenoxy) is 1. The summed E-state index contributed by atoms with van der Waals surface area (Å²) in [7, 11) is 1.82. The van der Waals surface area contributed by atoms with Crippen molar-refractivity contribution in [3.8, 4) is 0 Å². The Kier molecular flexibility index (Phi) is 10.4. The van der Waals surface area contributed by atoms with E-state index in [0.29, 0.717) is 5.92 Å². The first-order chi connectivity index (χ1) is 11.9. The summed E-state index contributed by atoms with van der Waals surface area (Å²) in [6.45, 7) is 9.15. The van der Waals surface area contributed by atoms with Gasteiger partial charge in [-0.25, -0.2) is 4.79 Å². The number of hydrogen-bond acceptors (Lipinski definition) is 4. The van der Waals surface area contributed by atoms with E-state index in [4.69, 9.17) is 4.74 Å². The van der Waals surface area contributed by atoms with Gasteiger partial charge in [0.15, 0.2) is 5.96 Å². The lowest BCUT2D eigenvalue weighted by molar-refractivity contribution is 0.0185. The molecule has 2 aliphatic rings. The van der Waals surface area contributed by atoms with Crippen LogP contribution in [0.15, 0.2) is 4.99 Å². The second-order valence-electron chi connectivity index (χ2n) is 7.88. The maximum Gasteiger partial charge on any atom is 0.410 e. The topological polar surface area (TPSA) is 66.0 Å². The van der Waals surface area contributed by atoms with Crippen molar-refractivity contribution in [1.82, 2.24) is 15.5 Å². The van der Waals surface area contributed by atoms with Crippen LogP contribution < -0.4 is 10.6 Å². The van der Waals surface area contributed by atoms with Gasteiger partial charge in [-0.05, 0) is 58.1 Å². The van der Waals surface area contributed by atoms with E-state index in [-0.39, 0.29) is 30.1 Å². The Bertz CT molecular complexity index is 457.